The minimum atomic E-state index is -0.681. The highest BCUT2D eigenvalue weighted by Gasteiger charge is 2.38. The smallest absolute Gasteiger partial charge is 0.407 e. The van der Waals surface area contributed by atoms with Gasteiger partial charge < -0.3 is 29.8 Å². The van der Waals surface area contributed by atoms with Gasteiger partial charge in [0.1, 0.15) is 17.7 Å². The maximum atomic E-state index is 13.5. The molecule has 3 amide bonds. The van der Waals surface area contributed by atoms with E-state index in [2.05, 4.69) is 32.1 Å². The van der Waals surface area contributed by atoms with Crippen molar-refractivity contribution in [3.05, 3.63) is 107 Å². The number of nitrogens with one attached hydrogen (secondary N) is 3. The summed E-state index contributed by atoms with van der Waals surface area (Å²) in [5.74, 6) is 7.78. The summed E-state index contributed by atoms with van der Waals surface area (Å²) in [6.45, 7) is 7.11. The number of hydrogen-bond acceptors (Lipinski definition) is 6. The van der Waals surface area contributed by atoms with Crippen molar-refractivity contribution in [1.29, 1.82) is 0 Å². The average Bonchev–Trinajstić information content (AvgIpc) is 4.01. The van der Waals surface area contributed by atoms with E-state index in [-0.39, 0.29) is 89.7 Å². The van der Waals surface area contributed by atoms with Gasteiger partial charge in [0.05, 0.1) is 48.0 Å². The van der Waals surface area contributed by atoms with E-state index in [0.717, 1.165) is 82.9 Å². The second-order valence-corrected chi connectivity index (χ2v) is 14.2. The van der Waals surface area contributed by atoms with Gasteiger partial charge in [-0.1, -0.05) is 68.2 Å². The third-order valence-electron chi connectivity index (χ3n) is 10.4. The first-order valence-corrected chi connectivity index (χ1v) is 18.4. The normalized spacial score (nSPS) is 16.9. The van der Waals surface area contributed by atoms with Crippen LogP contribution in [-0.4, -0.2) is 73.9 Å². The summed E-state index contributed by atoms with van der Waals surface area (Å²) in [5.41, 5.74) is 6.32. The van der Waals surface area contributed by atoms with Gasteiger partial charge in [-0.05, 0) is 80.0 Å². The molecule has 4 heterocycles. The Kier molecular flexibility index (Phi) is 17.1. The zero-order valence-electron chi connectivity index (χ0n) is 32.6. The summed E-state index contributed by atoms with van der Waals surface area (Å²) in [7, 11) is 1.29. The Morgan fingerprint density at radius 3 is 2.05 bits per heavy atom. The molecule has 0 spiro atoms. The van der Waals surface area contributed by atoms with Crippen molar-refractivity contribution < 1.29 is 19.1 Å². The summed E-state index contributed by atoms with van der Waals surface area (Å²) in [6.07, 6.45) is 4.64. The van der Waals surface area contributed by atoms with Crippen LogP contribution in [0.1, 0.15) is 92.8 Å². The molecule has 2 aliphatic heterocycles. The highest BCUT2D eigenvalue weighted by molar-refractivity contribution is 7.59. The number of H-pyrrole nitrogens is 2. The van der Waals surface area contributed by atoms with Gasteiger partial charge in [0, 0.05) is 24.2 Å². The number of aromatic nitrogens is 4. The summed E-state index contributed by atoms with van der Waals surface area (Å²) in [4.78, 5) is 59.2. The lowest BCUT2D eigenvalue weighted by Gasteiger charge is -2.30. The first-order chi connectivity index (χ1) is 25.7. The number of alkyl carbamates (subject to hydrolysis) is 1. The Hall–Kier alpha value is -4.49. The predicted molar refractivity (Wildman–Crippen MR) is 244 cm³/mol. The highest BCUT2D eigenvalue weighted by atomic mass is 32.1. The first kappa shape index (κ1) is 46.9. The number of fused-ring (bicyclic) bond motifs is 1. The average molecular weight is 848 g/mol. The van der Waals surface area contributed by atoms with Crippen molar-refractivity contribution >= 4 is 82.9 Å². The Morgan fingerprint density at radius 2 is 1.40 bits per heavy atom. The van der Waals surface area contributed by atoms with Crippen molar-refractivity contribution in [3.63, 3.8) is 0 Å². The van der Waals surface area contributed by atoms with Crippen LogP contribution < -0.4 is 5.32 Å². The summed E-state index contributed by atoms with van der Waals surface area (Å²) >= 11 is 0. The van der Waals surface area contributed by atoms with Crippen molar-refractivity contribution in [2.45, 2.75) is 70.5 Å². The van der Waals surface area contributed by atoms with E-state index >= 15 is 0 Å². The number of likely N-dealkylation sites (tertiary alicyclic amines) is 2. The Morgan fingerprint density at radius 1 is 0.789 bits per heavy atom. The Bertz CT molecular complexity index is 2180. The molecular formula is C42H53N7O4S4. The molecule has 2 aliphatic rings. The number of methoxy groups -OCH3 is 1. The monoisotopic (exact) mass is 847 g/mol. The first-order valence-electron chi connectivity index (χ1n) is 18.4. The standard InChI is InChI=1S/C42H45N7O4.4H2S/c1-26(2)37(47-42(52)53-4)41(51)49-23-8-12-35(49)38-43-25-34(46-38)31-19-16-28(17-20-31)14-15-29-18-21-32-33(24-29)45-39(44-32)36-13-9-22-48(36)40(50)27(3)30-10-6-5-7-11-30;;;;/h5-7,10-11,16-21,24-27,35-37H,8-9,12-13,22-23H2,1-4H3,(H,43,46)(H,44,45)(H,47,52);4*1H2/t27-,35-,36-,37-;;;;/m0..../s1. The number of nitrogens with zero attached hydrogens (tertiary/aromatic N) is 4. The zero-order chi connectivity index (χ0) is 37.1. The third kappa shape index (κ3) is 10.3. The minimum absolute atomic E-state index is 0. The third-order valence-corrected chi connectivity index (χ3v) is 10.4. The van der Waals surface area contributed by atoms with Gasteiger partial charge in [-0.25, -0.2) is 14.8 Å². The minimum Gasteiger partial charge on any atom is -0.453 e. The van der Waals surface area contributed by atoms with Gasteiger partial charge in [0.25, 0.3) is 0 Å². The van der Waals surface area contributed by atoms with E-state index < -0.39 is 12.1 Å². The lowest BCUT2D eigenvalue weighted by molar-refractivity contribution is -0.135. The molecule has 7 rings (SSSR count). The fraction of sp³-hybridized carbons (Fsp3) is 0.357. The molecule has 2 aromatic heterocycles. The molecule has 11 nitrogen and oxygen atoms in total. The molecule has 0 saturated carbocycles. The molecule has 0 radical (unpaired) electrons. The van der Waals surface area contributed by atoms with Crippen LogP contribution in [0.4, 0.5) is 4.79 Å². The van der Waals surface area contributed by atoms with E-state index in [1.54, 1.807) is 11.1 Å². The van der Waals surface area contributed by atoms with Crippen LogP contribution >= 0.6 is 54.0 Å². The number of hydrogen-bond donors (Lipinski definition) is 3. The Labute approximate surface area is 362 Å². The lowest BCUT2D eigenvalue weighted by atomic mass is 9.99. The lowest BCUT2D eigenvalue weighted by Crippen LogP contribution is -2.51. The molecule has 0 unspecified atom stereocenters. The second kappa shape index (κ2) is 20.8. The molecule has 3 N–H and O–H groups in total. The molecule has 3 aromatic carbocycles. The van der Waals surface area contributed by atoms with Gasteiger partial charge >= 0.3 is 6.09 Å². The number of amides is 3. The topological polar surface area (TPSA) is 136 Å². The van der Waals surface area contributed by atoms with E-state index in [0.29, 0.717) is 6.54 Å². The van der Waals surface area contributed by atoms with Gasteiger partial charge in [-0.3, -0.25) is 9.59 Å². The molecule has 304 valence electrons. The molecule has 4 atom stereocenters. The van der Waals surface area contributed by atoms with Crippen LogP contribution in [0.3, 0.4) is 0 Å². The van der Waals surface area contributed by atoms with Crippen LogP contribution in [0.15, 0.2) is 79.0 Å². The van der Waals surface area contributed by atoms with Gasteiger partial charge in [-0.15, -0.1) is 0 Å². The van der Waals surface area contributed by atoms with Crippen LogP contribution in [0.5, 0.6) is 0 Å². The maximum Gasteiger partial charge on any atom is 0.407 e. The highest BCUT2D eigenvalue weighted by Crippen LogP contribution is 2.35. The van der Waals surface area contributed by atoms with Gasteiger partial charge in [0.15, 0.2) is 0 Å². The Balaban J connectivity index is 0.00000218. The fourth-order valence-corrected chi connectivity index (χ4v) is 7.44. The number of carbonyl (C=O) groups excluding carboxylic acids is 3. The largest absolute Gasteiger partial charge is 0.453 e. The molecule has 15 heteroatoms. The fourth-order valence-electron chi connectivity index (χ4n) is 7.44. The molecular weight excluding hydrogens is 795 g/mol. The van der Waals surface area contributed by atoms with Crippen LogP contribution in [0, 0.1) is 17.8 Å². The number of carbonyl (C=O) groups is 3. The van der Waals surface area contributed by atoms with E-state index in [4.69, 9.17) is 9.72 Å². The van der Waals surface area contributed by atoms with Crippen LogP contribution in [-0.2, 0) is 14.3 Å². The van der Waals surface area contributed by atoms with Crippen molar-refractivity contribution in [2.24, 2.45) is 5.92 Å². The molecule has 57 heavy (non-hydrogen) atoms. The second-order valence-electron chi connectivity index (χ2n) is 14.2. The van der Waals surface area contributed by atoms with Crippen molar-refractivity contribution in [1.82, 2.24) is 35.1 Å². The van der Waals surface area contributed by atoms with Crippen molar-refractivity contribution in [2.75, 3.05) is 20.2 Å². The number of ether oxygens (including phenoxy) is 1. The maximum absolute atomic E-state index is 13.5. The summed E-state index contributed by atoms with van der Waals surface area (Å²) < 4.78 is 4.75. The molecule has 0 bridgehead atoms. The van der Waals surface area contributed by atoms with Crippen LogP contribution in [0.2, 0.25) is 0 Å². The van der Waals surface area contributed by atoms with E-state index in [9.17, 15) is 14.4 Å². The van der Waals surface area contributed by atoms with Gasteiger partial charge in [-0.2, -0.15) is 54.0 Å². The molecule has 0 aliphatic carbocycles. The van der Waals surface area contributed by atoms with Gasteiger partial charge in [0.2, 0.25) is 11.8 Å². The summed E-state index contributed by atoms with van der Waals surface area (Å²) in [6, 6.07) is 22.9. The van der Waals surface area contributed by atoms with E-state index in [1.807, 2.05) is 98.5 Å². The number of imidazole rings is 2. The van der Waals surface area contributed by atoms with Crippen LogP contribution in [0.25, 0.3) is 22.3 Å². The number of rotatable bonds is 8. The molecule has 2 saturated heterocycles. The molecule has 5 aromatic rings. The SMILES string of the molecule is COC(=O)N[C@H](C(=O)N1CCC[C@H]1c1ncc(-c2ccc(C#Cc3ccc4nc([C@@H]5CCCN5C(=O)[C@@H](C)c5ccccc5)[nH]c4c3)cc2)[nH]1)C(C)C.S.S.S.S. The van der Waals surface area contributed by atoms with E-state index in [1.165, 1.54) is 7.11 Å². The quantitative estimate of drug-likeness (QED) is 0.140. The molecule has 2 fully saturated rings. The number of benzene rings is 3. The zero-order valence-corrected chi connectivity index (χ0v) is 36.6. The predicted octanol–water partition coefficient (Wildman–Crippen LogP) is 7.32. The number of aromatic amines is 2. The summed E-state index contributed by atoms with van der Waals surface area (Å²) in [5, 5.41) is 2.69. The van der Waals surface area contributed by atoms with Crippen molar-refractivity contribution in [3.8, 4) is 23.1 Å².